The number of phosphoric acid groups is 2. The summed E-state index contributed by atoms with van der Waals surface area (Å²) in [6.45, 7) is 9.72. The Morgan fingerprint density at radius 2 is 0.462 bits per heavy atom. The van der Waals surface area contributed by atoms with Crippen molar-refractivity contribution >= 4 is 39.5 Å². The van der Waals surface area contributed by atoms with E-state index in [1.54, 1.807) is 0 Å². The molecular formula is C85H166O17P2. The van der Waals surface area contributed by atoms with Gasteiger partial charge in [-0.15, -0.1) is 0 Å². The van der Waals surface area contributed by atoms with E-state index in [0.29, 0.717) is 25.7 Å². The number of aliphatic hydroxyl groups is 1. The van der Waals surface area contributed by atoms with Crippen molar-refractivity contribution in [1.82, 2.24) is 0 Å². The van der Waals surface area contributed by atoms with Crippen molar-refractivity contribution in [3.8, 4) is 0 Å². The molecule has 19 heteroatoms. The number of carbonyl (C=O) groups excluding carboxylic acids is 4. The van der Waals surface area contributed by atoms with Gasteiger partial charge in [0.15, 0.2) is 12.2 Å². The molecule has 0 fully saturated rings. The van der Waals surface area contributed by atoms with E-state index < -0.39 is 97.5 Å². The highest BCUT2D eigenvalue weighted by molar-refractivity contribution is 7.47. The Labute approximate surface area is 638 Å². The van der Waals surface area contributed by atoms with Gasteiger partial charge in [-0.3, -0.25) is 37.3 Å². The van der Waals surface area contributed by atoms with Crippen LogP contribution in [0, 0.1) is 11.8 Å². The summed E-state index contributed by atoms with van der Waals surface area (Å²) in [5.41, 5.74) is 0. The van der Waals surface area contributed by atoms with E-state index in [4.69, 9.17) is 37.0 Å². The Morgan fingerprint density at radius 1 is 0.269 bits per heavy atom. The molecule has 17 nitrogen and oxygen atoms in total. The predicted molar refractivity (Wildman–Crippen MR) is 428 cm³/mol. The normalized spacial score (nSPS) is 14.4. The van der Waals surface area contributed by atoms with E-state index in [-0.39, 0.29) is 25.7 Å². The molecule has 104 heavy (non-hydrogen) atoms. The minimum Gasteiger partial charge on any atom is -0.462 e. The Morgan fingerprint density at radius 3 is 0.683 bits per heavy atom. The molecule has 0 saturated carbocycles. The molecule has 7 atom stereocenters. The maximum atomic E-state index is 13.1. The third kappa shape index (κ3) is 75.5. The molecule has 0 bridgehead atoms. The Balaban J connectivity index is 5.18. The molecule has 0 aliphatic rings. The number of rotatable bonds is 84. The van der Waals surface area contributed by atoms with Gasteiger partial charge in [-0.25, -0.2) is 9.13 Å². The van der Waals surface area contributed by atoms with E-state index in [9.17, 15) is 43.2 Å². The minimum atomic E-state index is -4.96. The summed E-state index contributed by atoms with van der Waals surface area (Å²) < 4.78 is 68.8. The zero-order valence-electron chi connectivity index (χ0n) is 68.3. The molecule has 0 radical (unpaired) electrons. The summed E-state index contributed by atoms with van der Waals surface area (Å²) in [5, 5.41) is 10.7. The van der Waals surface area contributed by atoms with Gasteiger partial charge in [0.05, 0.1) is 26.4 Å². The van der Waals surface area contributed by atoms with Crippen molar-refractivity contribution in [2.24, 2.45) is 11.8 Å². The summed E-state index contributed by atoms with van der Waals surface area (Å²) in [4.78, 5) is 73.1. The molecule has 618 valence electrons. The number of ether oxygens (including phenoxy) is 4. The highest BCUT2D eigenvalue weighted by Gasteiger charge is 2.30. The quantitative estimate of drug-likeness (QED) is 0.0222. The van der Waals surface area contributed by atoms with Gasteiger partial charge < -0.3 is 33.8 Å². The molecule has 0 aromatic carbocycles. The third-order valence-corrected chi connectivity index (χ3v) is 22.6. The molecule has 3 N–H and O–H groups in total. The van der Waals surface area contributed by atoms with E-state index in [2.05, 4.69) is 41.5 Å². The van der Waals surface area contributed by atoms with Crippen molar-refractivity contribution in [1.29, 1.82) is 0 Å². The van der Waals surface area contributed by atoms with Crippen molar-refractivity contribution in [3.63, 3.8) is 0 Å². The molecule has 0 aromatic rings. The largest absolute Gasteiger partial charge is 0.472 e. The monoisotopic (exact) mass is 1520 g/mol. The lowest BCUT2D eigenvalue weighted by atomic mass is 9.99. The fourth-order valence-electron chi connectivity index (χ4n) is 13.2. The van der Waals surface area contributed by atoms with E-state index >= 15 is 0 Å². The van der Waals surface area contributed by atoms with Gasteiger partial charge in [-0.1, -0.05) is 401 Å². The van der Waals surface area contributed by atoms with Crippen LogP contribution in [0.15, 0.2) is 0 Å². The first-order valence-electron chi connectivity index (χ1n) is 44.1. The predicted octanol–water partition coefficient (Wildman–Crippen LogP) is 25.8. The standard InChI is InChI=1S/C85H166O17P2/c1-7-11-13-15-17-19-20-21-22-23-24-25-29-32-35-38-44-50-56-62-68-83(88)96-74-81(102-84(89)69-63-57-51-45-39-36-33-30-27-26-28-31-34-37-42-47-53-59-65-77(5)9-3)76-100-104(93,94)98-72-79(86)71-97-103(91,92)99-75-80(73-95-82(87)67-61-55-49-18-16-14-12-8-2)101-85(90)70-64-58-52-46-41-40-43-48-54-60-66-78(6)10-4/h77-81,86H,7-76H2,1-6H3,(H,91,92)(H,93,94)/t77?,78?,79-,80+,81+/m0/s1. The average molecular weight is 1520 g/mol. The van der Waals surface area contributed by atoms with Crippen LogP contribution in [0.3, 0.4) is 0 Å². The maximum Gasteiger partial charge on any atom is 0.472 e. The minimum absolute atomic E-state index is 0.106. The Kier molecular flexibility index (Phi) is 75.0. The molecule has 0 aliphatic heterocycles. The van der Waals surface area contributed by atoms with Gasteiger partial charge in [-0.05, 0) is 37.5 Å². The van der Waals surface area contributed by atoms with Gasteiger partial charge in [0.2, 0.25) is 0 Å². The molecular weight excluding hydrogens is 1350 g/mol. The number of unbranched alkanes of at least 4 members (excludes halogenated alkanes) is 52. The van der Waals surface area contributed by atoms with Crippen LogP contribution in [0.25, 0.3) is 0 Å². The van der Waals surface area contributed by atoms with Crippen LogP contribution in [-0.4, -0.2) is 96.7 Å². The molecule has 0 aliphatic carbocycles. The first kappa shape index (κ1) is 102. The van der Waals surface area contributed by atoms with Crippen LogP contribution in [0.4, 0.5) is 0 Å². The van der Waals surface area contributed by atoms with E-state index in [1.807, 2.05) is 0 Å². The van der Waals surface area contributed by atoms with Crippen LogP contribution in [0.1, 0.15) is 452 Å². The topological polar surface area (TPSA) is 237 Å². The SMILES string of the molecule is CCCCCCCCCCCCCCCCCCCCCCC(=O)OC[C@H](COP(=O)(O)OC[C@@H](O)COP(=O)(O)OC[C@@H](COC(=O)CCCCCCCCCC)OC(=O)CCCCCCCCCCCCC(C)CC)OC(=O)CCCCCCCCCCCCCCCCCCCCC(C)CC. The van der Waals surface area contributed by atoms with Gasteiger partial charge in [0.25, 0.3) is 0 Å². The number of carbonyl (C=O) groups is 4. The summed E-state index contributed by atoms with van der Waals surface area (Å²) in [6.07, 6.45) is 68.1. The smallest absolute Gasteiger partial charge is 0.462 e. The first-order valence-corrected chi connectivity index (χ1v) is 47.1. The van der Waals surface area contributed by atoms with Crippen molar-refractivity contribution < 1.29 is 80.2 Å². The number of phosphoric ester groups is 2. The zero-order valence-corrected chi connectivity index (χ0v) is 70.1. The lowest BCUT2D eigenvalue weighted by Crippen LogP contribution is -2.30. The summed E-state index contributed by atoms with van der Waals surface area (Å²) in [5.74, 6) is -0.433. The second-order valence-electron chi connectivity index (χ2n) is 31.1. The second kappa shape index (κ2) is 76.4. The number of esters is 4. The van der Waals surface area contributed by atoms with Crippen molar-refractivity contribution in [2.45, 2.75) is 471 Å². The van der Waals surface area contributed by atoms with Crippen LogP contribution in [0.2, 0.25) is 0 Å². The molecule has 0 heterocycles. The third-order valence-electron chi connectivity index (χ3n) is 20.7. The fraction of sp³-hybridized carbons (Fsp3) is 0.953. The van der Waals surface area contributed by atoms with Gasteiger partial charge >= 0.3 is 39.5 Å². The molecule has 0 aromatic heterocycles. The first-order chi connectivity index (χ1) is 50.4. The number of hydrogen-bond acceptors (Lipinski definition) is 15. The average Bonchev–Trinajstić information content (AvgIpc) is 0.907. The van der Waals surface area contributed by atoms with E-state index in [0.717, 1.165) is 108 Å². The van der Waals surface area contributed by atoms with Gasteiger partial charge in [0, 0.05) is 25.7 Å². The highest BCUT2D eigenvalue weighted by Crippen LogP contribution is 2.45. The van der Waals surface area contributed by atoms with Crippen molar-refractivity contribution in [2.75, 3.05) is 39.6 Å². The fourth-order valence-corrected chi connectivity index (χ4v) is 14.8. The number of hydrogen-bond donors (Lipinski definition) is 3. The number of aliphatic hydroxyl groups excluding tert-OH is 1. The van der Waals surface area contributed by atoms with Crippen LogP contribution < -0.4 is 0 Å². The summed E-state index contributed by atoms with van der Waals surface area (Å²) >= 11 is 0. The van der Waals surface area contributed by atoms with Crippen LogP contribution >= 0.6 is 15.6 Å². The molecule has 0 spiro atoms. The van der Waals surface area contributed by atoms with Gasteiger partial charge in [0.1, 0.15) is 19.3 Å². The second-order valence-corrected chi connectivity index (χ2v) is 34.0. The van der Waals surface area contributed by atoms with Crippen LogP contribution in [0.5, 0.6) is 0 Å². The summed E-state index contributed by atoms with van der Waals surface area (Å²) in [7, 11) is -9.92. The molecule has 0 saturated heterocycles. The summed E-state index contributed by atoms with van der Waals surface area (Å²) in [6, 6.07) is 0. The Bertz CT molecular complexity index is 2000. The Hall–Kier alpha value is -1.94. The van der Waals surface area contributed by atoms with Crippen molar-refractivity contribution in [3.05, 3.63) is 0 Å². The maximum absolute atomic E-state index is 13.1. The lowest BCUT2D eigenvalue weighted by Gasteiger charge is -2.21. The molecule has 0 rings (SSSR count). The lowest BCUT2D eigenvalue weighted by molar-refractivity contribution is -0.161. The van der Waals surface area contributed by atoms with Gasteiger partial charge in [-0.2, -0.15) is 0 Å². The highest BCUT2D eigenvalue weighted by atomic mass is 31.2. The van der Waals surface area contributed by atoms with E-state index in [1.165, 1.54) is 263 Å². The molecule has 0 amide bonds. The zero-order chi connectivity index (χ0) is 76.4. The molecule has 4 unspecified atom stereocenters. The van der Waals surface area contributed by atoms with Crippen LogP contribution in [-0.2, 0) is 65.4 Å².